The molecule has 0 heterocycles. The van der Waals surface area contributed by atoms with Crippen LogP contribution in [0.25, 0.3) is 0 Å². The summed E-state index contributed by atoms with van der Waals surface area (Å²) in [5.41, 5.74) is 5.71. The Kier molecular flexibility index (Phi) is 4.54. The molecule has 1 aliphatic rings. The highest BCUT2D eigenvalue weighted by Crippen LogP contribution is 2.29. The van der Waals surface area contributed by atoms with Crippen LogP contribution in [0.2, 0.25) is 0 Å². The van der Waals surface area contributed by atoms with Crippen LogP contribution in [0, 0.1) is 5.92 Å². The van der Waals surface area contributed by atoms with E-state index in [4.69, 9.17) is 5.73 Å². The van der Waals surface area contributed by atoms with E-state index in [1.165, 1.54) is 12.8 Å². The largest absolute Gasteiger partial charge is 0.349 e. The number of nitrogens with two attached hydrogens (primary N) is 1. The highest BCUT2D eigenvalue weighted by Gasteiger charge is 2.26. The van der Waals surface area contributed by atoms with Gasteiger partial charge in [-0.1, -0.05) is 0 Å². The van der Waals surface area contributed by atoms with Crippen molar-refractivity contribution >= 4 is 5.91 Å². The summed E-state index contributed by atoms with van der Waals surface area (Å²) in [5, 5.41) is 0. The molecule has 88 valence electrons. The molecule has 1 saturated carbocycles. The van der Waals surface area contributed by atoms with Gasteiger partial charge in [0.05, 0.1) is 0 Å². The highest BCUT2D eigenvalue weighted by molar-refractivity contribution is 5.76. The minimum atomic E-state index is 0.160. The average Bonchev–Trinajstić information content (AvgIpc) is 2.96. The SMILES string of the molecule is CN(C)C(=O)CC(CN)N(C)CC1CC1. The first-order chi connectivity index (χ1) is 7.04. The number of amides is 1. The third-order valence-corrected chi connectivity index (χ3v) is 3.05. The van der Waals surface area contributed by atoms with Gasteiger partial charge in [0.1, 0.15) is 0 Å². The van der Waals surface area contributed by atoms with Crippen molar-refractivity contribution in [1.29, 1.82) is 0 Å². The molecule has 1 atom stereocenters. The highest BCUT2D eigenvalue weighted by atomic mass is 16.2. The fourth-order valence-electron chi connectivity index (χ4n) is 1.66. The van der Waals surface area contributed by atoms with Gasteiger partial charge in [-0.3, -0.25) is 4.79 Å². The Hall–Kier alpha value is -0.610. The minimum absolute atomic E-state index is 0.160. The summed E-state index contributed by atoms with van der Waals surface area (Å²) in [6.07, 6.45) is 3.21. The summed E-state index contributed by atoms with van der Waals surface area (Å²) in [4.78, 5) is 15.4. The lowest BCUT2D eigenvalue weighted by Crippen LogP contribution is -2.42. The Morgan fingerprint density at radius 1 is 1.40 bits per heavy atom. The van der Waals surface area contributed by atoms with E-state index >= 15 is 0 Å². The van der Waals surface area contributed by atoms with Crippen LogP contribution in [0.3, 0.4) is 0 Å². The standard InChI is InChI=1S/C11H23N3O/c1-13(2)11(15)6-10(7-12)14(3)8-9-4-5-9/h9-10H,4-8,12H2,1-3H3. The second-order valence-electron chi connectivity index (χ2n) is 4.76. The second kappa shape index (κ2) is 5.47. The molecule has 4 heteroatoms. The summed E-state index contributed by atoms with van der Waals surface area (Å²) in [7, 11) is 5.65. The molecule has 2 N–H and O–H groups in total. The first-order valence-corrected chi connectivity index (χ1v) is 5.65. The van der Waals surface area contributed by atoms with E-state index in [0.29, 0.717) is 13.0 Å². The van der Waals surface area contributed by atoms with E-state index in [2.05, 4.69) is 11.9 Å². The summed E-state index contributed by atoms with van der Waals surface area (Å²) >= 11 is 0. The van der Waals surface area contributed by atoms with Gasteiger partial charge in [-0.15, -0.1) is 0 Å². The van der Waals surface area contributed by atoms with Gasteiger partial charge in [-0.05, 0) is 25.8 Å². The van der Waals surface area contributed by atoms with Crippen molar-refractivity contribution in [2.75, 3.05) is 34.2 Å². The van der Waals surface area contributed by atoms with E-state index in [1.54, 1.807) is 19.0 Å². The van der Waals surface area contributed by atoms with Gasteiger partial charge in [0.15, 0.2) is 0 Å². The number of nitrogens with zero attached hydrogens (tertiary/aromatic N) is 2. The van der Waals surface area contributed by atoms with Gasteiger partial charge < -0.3 is 15.5 Å². The first kappa shape index (κ1) is 12.5. The third-order valence-electron chi connectivity index (χ3n) is 3.05. The summed E-state index contributed by atoms with van der Waals surface area (Å²) in [6.45, 7) is 1.64. The number of hydrogen-bond acceptors (Lipinski definition) is 3. The molecule has 0 aromatic rings. The van der Waals surface area contributed by atoms with Crippen molar-refractivity contribution in [2.45, 2.75) is 25.3 Å². The molecule has 0 radical (unpaired) electrons. The fraction of sp³-hybridized carbons (Fsp3) is 0.909. The van der Waals surface area contributed by atoms with Crippen LogP contribution >= 0.6 is 0 Å². The molecular formula is C11H23N3O. The predicted molar refractivity (Wildman–Crippen MR) is 61.5 cm³/mol. The van der Waals surface area contributed by atoms with E-state index in [1.807, 2.05) is 0 Å². The zero-order valence-electron chi connectivity index (χ0n) is 10.1. The van der Waals surface area contributed by atoms with Gasteiger partial charge in [0, 0.05) is 39.6 Å². The molecule has 1 amide bonds. The zero-order valence-corrected chi connectivity index (χ0v) is 10.1. The van der Waals surface area contributed by atoms with Crippen LogP contribution in [0.4, 0.5) is 0 Å². The second-order valence-corrected chi connectivity index (χ2v) is 4.76. The van der Waals surface area contributed by atoms with Gasteiger partial charge in [0.2, 0.25) is 5.91 Å². The van der Waals surface area contributed by atoms with Crippen LogP contribution < -0.4 is 5.73 Å². The molecule has 1 fully saturated rings. The molecule has 15 heavy (non-hydrogen) atoms. The molecule has 4 nitrogen and oxygen atoms in total. The summed E-state index contributed by atoms with van der Waals surface area (Å²) in [5.74, 6) is 1.01. The Bertz CT molecular complexity index is 214. The van der Waals surface area contributed by atoms with Crippen molar-refractivity contribution in [3.05, 3.63) is 0 Å². The molecule has 0 saturated heterocycles. The summed E-state index contributed by atoms with van der Waals surface area (Å²) < 4.78 is 0. The van der Waals surface area contributed by atoms with Crippen molar-refractivity contribution in [3.8, 4) is 0 Å². The lowest BCUT2D eigenvalue weighted by molar-refractivity contribution is -0.129. The zero-order chi connectivity index (χ0) is 11.4. The monoisotopic (exact) mass is 213 g/mol. The molecule has 0 bridgehead atoms. The maximum atomic E-state index is 11.6. The lowest BCUT2D eigenvalue weighted by atomic mass is 10.1. The van der Waals surface area contributed by atoms with Crippen molar-refractivity contribution in [3.63, 3.8) is 0 Å². The first-order valence-electron chi connectivity index (χ1n) is 5.65. The molecule has 1 rings (SSSR count). The molecule has 0 aromatic heterocycles. The van der Waals surface area contributed by atoms with E-state index < -0.39 is 0 Å². The van der Waals surface area contributed by atoms with Gasteiger partial charge >= 0.3 is 0 Å². The van der Waals surface area contributed by atoms with Gasteiger partial charge in [0.25, 0.3) is 0 Å². The van der Waals surface area contributed by atoms with Crippen LogP contribution in [-0.2, 0) is 4.79 Å². The summed E-state index contributed by atoms with van der Waals surface area (Å²) in [6, 6.07) is 0.195. The lowest BCUT2D eigenvalue weighted by Gasteiger charge is -2.27. The van der Waals surface area contributed by atoms with E-state index in [-0.39, 0.29) is 11.9 Å². The Morgan fingerprint density at radius 3 is 2.40 bits per heavy atom. The van der Waals surface area contributed by atoms with Crippen LogP contribution in [0.15, 0.2) is 0 Å². The number of carbonyl (C=O) groups excluding carboxylic acids is 1. The van der Waals surface area contributed by atoms with E-state index in [9.17, 15) is 4.79 Å². The topological polar surface area (TPSA) is 49.6 Å². The molecule has 0 aromatic carbocycles. The van der Waals surface area contributed by atoms with Crippen molar-refractivity contribution in [2.24, 2.45) is 11.7 Å². The van der Waals surface area contributed by atoms with E-state index in [0.717, 1.165) is 12.5 Å². The number of carbonyl (C=O) groups is 1. The average molecular weight is 213 g/mol. The maximum Gasteiger partial charge on any atom is 0.223 e. The fourth-order valence-corrected chi connectivity index (χ4v) is 1.66. The number of likely N-dealkylation sites (N-methyl/N-ethyl adjacent to an activating group) is 1. The third kappa shape index (κ3) is 4.18. The van der Waals surface area contributed by atoms with Crippen LogP contribution in [0.1, 0.15) is 19.3 Å². The Morgan fingerprint density at radius 2 is 2.00 bits per heavy atom. The predicted octanol–water partition coefficient (Wildman–Crippen LogP) is 0.134. The molecule has 1 aliphatic carbocycles. The van der Waals surface area contributed by atoms with Gasteiger partial charge in [-0.25, -0.2) is 0 Å². The molecule has 0 aliphatic heterocycles. The van der Waals surface area contributed by atoms with Crippen molar-refractivity contribution in [1.82, 2.24) is 9.80 Å². The van der Waals surface area contributed by atoms with Gasteiger partial charge in [-0.2, -0.15) is 0 Å². The Balaban J connectivity index is 2.35. The minimum Gasteiger partial charge on any atom is -0.349 e. The van der Waals surface area contributed by atoms with Crippen molar-refractivity contribution < 1.29 is 4.79 Å². The molecule has 1 unspecified atom stereocenters. The molecule has 0 spiro atoms. The Labute approximate surface area is 92.4 Å². The smallest absolute Gasteiger partial charge is 0.223 e. The normalized spacial score (nSPS) is 17.9. The van der Waals surface area contributed by atoms with Crippen LogP contribution in [0.5, 0.6) is 0 Å². The van der Waals surface area contributed by atoms with Crippen LogP contribution in [-0.4, -0.2) is 56.0 Å². The maximum absolute atomic E-state index is 11.6. The quantitative estimate of drug-likeness (QED) is 0.682. The number of hydrogen-bond donors (Lipinski definition) is 1. The molecular weight excluding hydrogens is 190 g/mol. The number of rotatable bonds is 6.